The monoisotopic (exact) mass is 508 g/mol. The SMILES string of the molecule is CC(=O)O[C@H]1C[C@@]2(C)[C@@H]3CC[C@H]4[C@H](C)C(=O)C=C[C@@]45C[C@@]35CC[C@]2(C)[C@H]1[C@H](C)C(=O)C1=C(C)C(C)CO1. The smallest absolute Gasteiger partial charge is 0.302 e. The highest BCUT2D eigenvalue weighted by atomic mass is 16.5. The first-order valence-electron chi connectivity index (χ1n) is 14.6. The molecule has 4 saturated carbocycles. The Morgan fingerprint density at radius 2 is 1.86 bits per heavy atom. The topological polar surface area (TPSA) is 69.7 Å². The Balaban J connectivity index is 1.38. The van der Waals surface area contributed by atoms with Crippen LogP contribution in [0.1, 0.15) is 87.0 Å². The van der Waals surface area contributed by atoms with Crippen molar-refractivity contribution in [2.24, 2.45) is 57.2 Å². The van der Waals surface area contributed by atoms with Gasteiger partial charge in [-0.2, -0.15) is 0 Å². The molecule has 5 nitrogen and oxygen atoms in total. The molecule has 0 N–H and O–H groups in total. The lowest BCUT2D eigenvalue weighted by Gasteiger charge is -2.60. The molecule has 6 aliphatic rings. The summed E-state index contributed by atoms with van der Waals surface area (Å²) in [7, 11) is 0. The molecule has 1 unspecified atom stereocenters. The van der Waals surface area contributed by atoms with Crippen LogP contribution in [-0.2, 0) is 23.9 Å². The summed E-state index contributed by atoms with van der Waals surface area (Å²) in [5.74, 6) is 1.65. The van der Waals surface area contributed by atoms with E-state index >= 15 is 0 Å². The molecule has 202 valence electrons. The number of rotatable bonds is 4. The van der Waals surface area contributed by atoms with Crippen molar-refractivity contribution in [2.75, 3.05) is 6.61 Å². The zero-order chi connectivity index (χ0) is 26.7. The molecule has 0 aromatic rings. The second kappa shape index (κ2) is 7.82. The van der Waals surface area contributed by atoms with E-state index in [4.69, 9.17) is 9.47 Å². The van der Waals surface area contributed by atoms with E-state index in [0.29, 0.717) is 30.0 Å². The van der Waals surface area contributed by atoms with Gasteiger partial charge < -0.3 is 9.47 Å². The van der Waals surface area contributed by atoms with Crippen LogP contribution < -0.4 is 0 Å². The lowest BCUT2D eigenvalue weighted by atomic mass is 9.43. The average Bonchev–Trinajstić information content (AvgIpc) is 3.31. The molecule has 0 radical (unpaired) electrons. The fraction of sp³-hybridized carbons (Fsp3) is 0.781. The number of hydrogen-bond donors (Lipinski definition) is 0. The van der Waals surface area contributed by atoms with Crippen molar-refractivity contribution in [3.8, 4) is 0 Å². The fourth-order valence-electron chi connectivity index (χ4n) is 10.9. The summed E-state index contributed by atoms with van der Waals surface area (Å²) in [5.41, 5.74) is 1.28. The van der Waals surface area contributed by atoms with Crippen molar-refractivity contribution < 1.29 is 23.9 Å². The third-order valence-electron chi connectivity index (χ3n) is 13.1. The summed E-state index contributed by atoms with van der Waals surface area (Å²) in [6, 6.07) is 0. The van der Waals surface area contributed by atoms with E-state index in [2.05, 4.69) is 33.8 Å². The highest BCUT2D eigenvalue weighted by molar-refractivity contribution is 5.96. The van der Waals surface area contributed by atoms with E-state index in [1.54, 1.807) is 0 Å². The number of Topliss-reactive ketones (excluding diaryl/α,β-unsaturated/α-hetero) is 1. The van der Waals surface area contributed by atoms with Gasteiger partial charge in [-0.3, -0.25) is 14.4 Å². The van der Waals surface area contributed by atoms with Crippen molar-refractivity contribution in [3.63, 3.8) is 0 Å². The lowest BCUT2D eigenvalue weighted by molar-refractivity contribution is -0.153. The van der Waals surface area contributed by atoms with Crippen LogP contribution in [0, 0.1) is 57.2 Å². The zero-order valence-corrected chi connectivity index (χ0v) is 23.7. The summed E-state index contributed by atoms with van der Waals surface area (Å²) in [6.07, 6.45) is 10.3. The number of allylic oxidation sites excluding steroid dienone is 3. The summed E-state index contributed by atoms with van der Waals surface area (Å²) in [4.78, 5) is 38.8. The fourth-order valence-corrected chi connectivity index (χ4v) is 10.9. The maximum Gasteiger partial charge on any atom is 0.302 e. The molecular weight excluding hydrogens is 464 g/mol. The van der Waals surface area contributed by atoms with Gasteiger partial charge in [0.15, 0.2) is 11.5 Å². The maximum atomic E-state index is 13.9. The minimum atomic E-state index is -0.280. The number of ether oxygens (including phenoxy) is 2. The van der Waals surface area contributed by atoms with Gasteiger partial charge in [0.2, 0.25) is 5.78 Å². The first kappa shape index (κ1) is 25.4. The number of fused-ring (bicyclic) bond motifs is 2. The maximum absolute atomic E-state index is 13.9. The van der Waals surface area contributed by atoms with Crippen LogP contribution in [0.3, 0.4) is 0 Å². The van der Waals surface area contributed by atoms with Crippen molar-refractivity contribution >= 4 is 17.5 Å². The molecule has 6 rings (SSSR count). The first-order valence-corrected chi connectivity index (χ1v) is 14.6. The quantitative estimate of drug-likeness (QED) is 0.431. The zero-order valence-electron chi connectivity index (χ0n) is 23.7. The minimum Gasteiger partial charge on any atom is -0.489 e. The molecule has 0 bridgehead atoms. The van der Waals surface area contributed by atoms with Crippen LogP contribution in [-0.4, -0.2) is 30.2 Å². The van der Waals surface area contributed by atoms with Gasteiger partial charge in [0.25, 0.3) is 0 Å². The van der Waals surface area contributed by atoms with E-state index < -0.39 is 0 Å². The van der Waals surface area contributed by atoms with Gasteiger partial charge in [0.05, 0.1) is 6.61 Å². The largest absolute Gasteiger partial charge is 0.489 e. The second-order valence-corrected chi connectivity index (χ2v) is 14.2. The molecule has 5 aliphatic carbocycles. The Kier molecular flexibility index (Phi) is 5.36. The molecule has 0 aromatic heterocycles. The van der Waals surface area contributed by atoms with Crippen molar-refractivity contribution in [1.82, 2.24) is 0 Å². The molecule has 1 heterocycles. The van der Waals surface area contributed by atoms with Crippen LogP contribution in [0.15, 0.2) is 23.5 Å². The van der Waals surface area contributed by atoms with Crippen LogP contribution in [0.25, 0.3) is 0 Å². The summed E-state index contributed by atoms with van der Waals surface area (Å²) in [5, 5.41) is 0. The minimum absolute atomic E-state index is 0.0369. The highest BCUT2D eigenvalue weighted by Crippen LogP contribution is 2.87. The Bertz CT molecular complexity index is 1130. The molecule has 0 aromatic carbocycles. The first-order chi connectivity index (χ1) is 17.3. The van der Waals surface area contributed by atoms with Crippen LogP contribution in [0.4, 0.5) is 0 Å². The number of esters is 1. The molecule has 0 saturated heterocycles. The molecule has 1 aliphatic heterocycles. The standard InChI is InChI=1S/C32H44O5/c1-17-15-36-28(18(17)2)27(35)20(4)26-24(37-21(5)33)14-30(7)25-9-8-22-19(3)23(34)10-11-31(22)16-32(25,31)13-12-29(26,30)6/h10-11,17,19-20,22,24-26H,8-9,12-16H2,1-7H3/t17?,19-,20-,22-,24-,25-,26-,29+,30-,31+,32-/m0/s1. The Hall–Kier alpha value is -1.91. The number of ketones is 2. The summed E-state index contributed by atoms with van der Waals surface area (Å²) in [6.45, 7) is 15.2. The van der Waals surface area contributed by atoms with Gasteiger partial charge in [-0.1, -0.05) is 40.7 Å². The second-order valence-electron chi connectivity index (χ2n) is 14.2. The normalized spacial score (nSPS) is 50.4. The van der Waals surface area contributed by atoms with Gasteiger partial charge in [-0.15, -0.1) is 0 Å². The van der Waals surface area contributed by atoms with E-state index in [1.807, 2.05) is 19.9 Å². The molecule has 37 heavy (non-hydrogen) atoms. The number of carbonyl (C=O) groups excluding carboxylic acids is 3. The average molecular weight is 509 g/mol. The van der Waals surface area contributed by atoms with Gasteiger partial charge in [0, 0.05) is 30.6 Å². The van der Waals surface area contributed by atoms with Gasteiger partial charge in [-0.05, 0) is 90.6 Å². The van der Waals surface area contributed by atoms with Gasteiger partial charge in [0.1, 0.15) is 6.10 Å². The van der Waals surface area contributed by atoms with Gasteiger partial charge >= 0.3 is 5.97 Å². The molecule has 11 atom stereocenters. The van der Waals surface area contributed by atoms with Gasteiger partial charge in [-0.25, -0.2) is 0 Å². The Morgan fingerprint density at radius 3 is 2.51 bits per heavy atom. The third kappa shape index (κ3) is 3.00. The van der Waals surface area contributed by atoms with Crippen LogP contribution in [0.2, 0.25) is 0 Å². The van der Waals surface area contributed by atoms with Crippen molar-refractivity contribution in [1.29, 1.82) is 0 Å². The molecule has 5 heteroatoms. The van der Waals surface area contributed by atoms with Crippen molar-refractivity contribution in [2.45, 2.75) is 93.1 Å². The van der Waals surface area contributed by atoms with Crippen molar-refractivity contribution in [3.05, 3.63) is 23.5 Å². The third-order valence-corrected chi connectivity index (χ3v) is 13.1. The predicted octanol–water partition coefficient (Wildman–Crippen LogP) is 6.07. The lowest BCUT2D eigenvalue weighted by Crippen LogP contribution is -2.55. The number of carbonyl (C=O) groups is 3. The molecular formula is C32H44O5. The van der Waals surface area contributed by atoms with E-state index in [9.17, 15) is 14.4 Å². The molecule has 2 spiro atoms. The molecule has 0 amide bonds. The molecule has 4 fully saturated rings. The van der Waals surface area contributed by atoms with E-state index in [1.165, 1.54) is 13.3 Å². The Labute approximate surface area is 221 Å². The highest BCUT2D eigenvalue weighted by Gasteiger charge is 2.81. The van der Waals surface area contributed by atoms with E-state index in [0.717, 1.165) is 37.7 Å². The predicted molar refractivity (Wildman–Crippen MR) is 140 cm³/mol. The summed E-state index contributed by atoms with van der Waals surface area (Å²) >= 11 is 0. The van der Waals surface area contributed by atoms with E-state index in [-0.39, 0.29) is 63.2 Å². The van der Waals surface area contributed by atoms with Crippen LogP contribution >= 0.6 is 0 Å². The van der Waals surface area contributed by atoms with Crippen LogP contribution in [0.5, 0.6) is 0 Å². The number of hydrogen-bond acceptors (Lipinski definition) is 5. The summed E-state index contributed by atoms with van der Waals surface area (Å²) < 4.78 is 12.0. The Morgan fingerprint density at radius 1 is 1.14 bits per heavy atom.